The predicted octanol–water partition coefficient (Wildman–Crippen LogP) is 3.35. The van der Waals surface area contributed by atoms with E-state index in [9.17, 15) is 8.42 Å². The van der Waals surface area contributed by atoms with Crippen molar-refractivity contribution in [3.8, 4) is 11.5 Å². The van der Waals surface area contributed by atoms with Crippen LogP contribution in [0.2, 0.25) is 0 Å². The van der Waals surface area contributed by atoms with Crippen molar-refractivity contribution in [3.05, 3.63) is 60.4 Å². The van der Waals surface area contributed by atoms with Gasteiger partial charge in [0.1, 0.15) is 29.6 Å². The summed E-state index contributed by atoms with van der Waals surface area (Å²) in [7, 11) is -0.824. The monoisotopic (exact) mass is 484 g/mol. The molecule has 2 aromatic carbocycles. The number of hydrogen-bond donors (Lipinski definition) is 2. The standard InChI is InChI=1S/C26H33N3O4S/c1-5-29(12-6-7-15-34(4,30)31)18-23-19(2)28(3)24-10-8-20(16-22(23)24)27-21-9-11-25-26(17-21)33-14-13-32-25/h5,8-11,16-17,27H,1,6-7,12-15,18H2,2-4H3/p+1. The van der Waals surface area contributed by atoms with Gasteiger partial charge in [0.15, 0.2) is 11.5 Å². The average molecular weight is 485 g/mol. The molecule has 2 heterocycles. The molecule has 0 fully saturated rings. The van der Waals surface area contributed by atoms with Crippen LogP contribution >= 0.6 is 0 Å². The predicted molar refractivity (Wildman–Crippen MR) is 137 cm³/mol. The van der Waals surface area contributed by atoms with Crippen LogP contribution in [0.3, 0.4) is 0 Å². The van der Waals surface area contributed by atoms with E-state index < -0.39 is 9.84 Å². The maximum Gasteiger partial charge on any atom is 0.163 e. The number of unbranched alkanes of at least 4 members (excludes halogenated alkanes) is 1. The van der Waals surface area contributed by atoms with Gasteiger partial charge < -0.3 is 24.3 Å². The fourth-order valence-corrected chi connectivity index (χ4v) is 5.17. The van der Waals surface area contributed by atoms with E-state index in [0.29, 0.717) is 19.6 Å². The molecule has 0 spiro atoms. The fourth-order valence-electron chi connectivity index (χ4n) is 4.44. The van der Waals surface area contributed by atoms with E-state index in [1.54, 1.807) is 0 Å². The molecule has 0 amide bonds. The number of aryl methyl sites for hydroxylation is 1. The summed E-state index contributed by atoms with van der Waals surface area (Å²) in [6.07, 6.45) is 4.74. The molecule has 7 nitrogen and oxygen atoms in total. The minimum Gasteiger partial charge on any atom is -0.486 e. The summed E-state index contributed by atoms with van der Waals surface area (Å²) < 4.78 is 36.4. The zero-order chi connectivity index (χ0) is 24.3. The Hall–Kier alpha value is -2.97. The number of aromatic nitrogens is 1. The number of fused-ring (bicyclic) bond motifs is 2. The van der Waals surface area contributed by atoms with Crippen LogP contribution in [0.25, 0.3) is 10.9 Å². The van der Waals surface area contributed by atoms with Crippen LogP contribution in [-0.2, 0) is 23.4 Å². The van der Waals surface area contributed by atoms with Gasteiger partial charge in [-0.05, 0) is 56.7 Å². The number of rotatable bonds is 10. The number of quaternary nitrogens is 1. The van der Waals surface area contributed by atoms with Crippen molar-refractivity contribution >= 4 is 32.1 Å². The molecule has 1 unspecified atom stereocenters. The number of nitrogens with zero attached hydrogens (tertiary/aromatic N) is 1. The van der Waals surface area contributed by atoms with Crippen LogP contribution in [0, 0.1) is 6.92 Å². The Morgan fingerprint density at radius 2 is 1.79 bits per heavy atom. The van der Waals surface area contributed by atoms with Gasteiger partial charge in [-0.2, -0.15) is 0 Å². The second kappa shape index (κ2) is 10.1. The summed E-state index contributed by atoms with van der Waals surface area (Å²) >= 11 is 0. The molecule has 1 aliphatic rings. The molecule has 34 heavy (non-hydrogen) atoms. The number of sulfone groups is 1. The number of anilines is 2. The number of hydrogen-bond acceptors (Lipinski definition) is 5. The summed E-state index contributed by atoms with van der Waals surface area (Å²) in [5.74, 6) is 1.77. The van der Waals surface area contributed by atoms with Gasteiger partial charge in [0.05, 0.1) is 18.5 Å². The highest BCUT2D eigenvalue weighted by Crippen LogP contribution is 2.34. The van der Waals surface area contributed by atoms with Crippen molar-refractivity contribution in [2.75, 3.05) is 37.1 Å². The van der Waals surface area contributed by atoms with Crippen LogP contribution in [-0.4, -0.2) is 44.8 Å². The highest BCUT2D eigenvalue weighted by atomic mass is 32.2. The third-order valence-electron chi connectivity index (χ3n) is 6.41. The van der Waals surface area contributed by atoms with E-state index in [2.05, 4.69) is 48.6 Å². The van der Waals surface area contributed by atoms with Crippen molar-refractivity contribution < 1.29 is 22.8 Å². The number of nitrogens with one attached hydrogen (secondary N) is 2. The quantitative estimate of drug-likeness (QED) is 0.432. The topological polar surface area (TPSA) is 74.0 Å². The Morgan fingerprint density at radius 1 is 1.09 bits per heavy atom. The Kier molecular flexibility index (Phi) is 7.19. The molecule has 1 atom stereocenters. The van der Waals surface area contributed by atoms with Crippen LogP contribution < -0.4 is 19.7 Å². The smallest absolute Gasteiger partial charge is 0.163 e. The molecule has 0 radical (unpaired) electrons. The van der Waals surface area contributed by atoms with Gasteiger partial charge >= 0.3 is 0 Å². The molecule has 1 aliphatic heterocycles. The molecular formula is C26H34N3O4S+. The number of benzene rings is 2. The van der Waals surface area contributed by atoms with Gasteiger partial charge in [0, 0.05) is 52.9 Å². The summed E-state index contributed by atoms with van der Waals surface area (Å²) in [4.78, 5) is 1.23. The maximum absolute atomic E-state index is 11.4. The highest BCUT2D eigenvalue weighted by molar-refractivity contribution is 7.90. The molecule has 0 bridgehead atoms. The highest BCUT2D eigenvalue weighted by Gasteiger charge is 2.18. The lowest BCUT2D eigenvalue weighted by Crippen LogP contribution is -3.06. The summed E-state index contributed by atoms with van der Waals surface area (Å²) in [5, 5.41) is 4.70. The Morgan fingerprint density at radius 3 is 2.53 bits per heavy atom. The molecule has 4 rings (SSSR count). The summed E-state index contributed by atoms with van der Waals surface area (Å²) in [6, 6.07) is 12.3. The first-order valence-electron chi connectivity index (χ1n) is 11.6. The van der Waals surface area contributed by atoms with Crippen molar-refractivity contribution in [1.82, 2.24) is 4.57 Å². The van der Waals surface area contributed by atoms with E-state index >= 15 is 0 Å². The van der Waals surface area contributed by atoms with E-state index in [0.717, 1.165) is 42.4 Å². The van der Waals surface area contributed by atoms with Crippen molar-refractivity contribution in [2.45, 2.75) is 26.3 Å². The third kappa shape index (κ3) is 5.56. The zero-order valence-corrected chi connectivity index (χ0v) is 21.0. The summed E-state index contributed by atoms with van der Waals surface area (Å²) in [6.45, 7) is 8.95. The normalized spacial score (nSPS) is 14.2. The minimum absolute atomic E-state index is 0.236. The molecular weight excluding hydrogens is 450 g/mol. The lowest BCUT2D eigenvalue weighted by atomic mass is 10.1. The van der Waals surface area contributed by atoms with Crippen LogP contribution in [0.15, 0.2) is 49.2 Å². The molecule has 182 valence electrons. The Labute approximate surface area is 201 Å². The fraction of sp³-hybridized carbons (Fsp3) is 0.385. The molecule has 1 aromatic heterocycles. The van der Waals surface area contributed by atoms with Gasteiger partial charge in [0.25, 0.3) is 0 Å². The second-order valence-corrected chi connectivity index (χ2v) is 11.2. The average Bonchev–Trinajstić information content (AvgIpc) is 3.04. The van der Waals surface area contributed by atoms with Crippen LogP contribution in [0.4, 0.5) is 11.4 Å². The first kappa shape index (κ1) is 24.2. The molecule has 8 heteroatoms. The Bertz CT molecular complexity index is 1300. The molecule has 0 aliphatic carbocycles. The first-order valence-corrected chi connectivity index (χ1v) is 13.7. The first-order chi connectivity index (χ1) is 16.2. The van der Waals surface area contributed by atoms with Gasteiger partial charge in [0.2, 0.25) is 0 Å². The Balaban J connectivity index is 1.53. The van der Waals surface area contributed by atoms with Crippen molar-refractivity contribution in [3.63, 3.8) is 0 Å². The number of ether oxygens (including phenoxy) is 2. The van der Waals surface area contributed by atoms with E-state index in [1.165, 1.54) is 33.3 Å². The lowest BCUT2D eigenvalue weighted by Gasteiger charge is -2.19. The SMILES string of the molecule is C=C[NH+](CCCCS(C)(=O)=O)Cc1c(C)n(C)c2ccc(Nc3ccc4c(c3)OCCO4)cc12. The van der Waals surface area contributed by atoms with Gasteiger partial charge in [-0.3, -0.25) is 0 Å². The van der Waals surface area contributed by atoms with E-state index in [1.807, 2.05) is 24.4 Å². The zero-order valence-electron chi connectivity index (χ0n) is 20.2. The largest absolute Gasteiger partial charge is 0.486 e. The maximum atomic E-state index is 11.4. The molecule has 2 N–H and O–H groups in total. The van der Waals surface area contributed by atoms with E-state index in [-0.39, 0.29) is 5.75 Å². The van der Waals surface area contributed by atoms with Crippen LogP contribution in [0.1, 0.15) is 24.1 Å². The molecule has 3 aromatic rings. The lowest BCUT2D eigenvalue weighted by molar-refractivity contribution is -0.861. The van der Waals surface area contributed by atoms with Crippen molar-refractivity contribution in [2.24, 2.45) is 7.05 Å². The third-order valence-corrected chi connectivity index (χ3v) is 7.44. The molecule has 0 saturated carbocycles. The van der Waals surface area contributed by atoms with Gasteiger partial charge in [-0.25, -0.2) is 8.42 Å². The van der Waals surface area contributed by atoms with E-state index in [4.69, 9.17) is 9.47 Å². The minimum atomic E-state index is -2.92. The van der Waals surface area contributed by atoms with Crippen LogP contribution in [0.5, 0.6) is 11.5 Å². The summed E-state index contributed by atoms with van der Waals surface area (Å²) in [5.41, 5.74) is 5.63. The van der Waals surface area contributed by atoms with Crippen molar-refractivity contribution in [1.29, 1.82) is 0 Å². The molecule has 0 saturated heterocycles. The van der Waals surface area contributed by atoms with Gasteiger partial charge in [-0.1, -0.05) is 0 Å². The second-order valence-electron chi connectivity index (χ2n) is 8.96. The van der Waals surface area contributed by atoms with Gasteiger partial charge in [-0.15, -0.1) is 0 Å².